The summed E-state index contributed by atoms with van der Waals surface area (Å²) >= 11 is 0. The molecule has 0 aliphatic heterocycles. The number of rotatable bonds is 0. The smallest absolute Gasteiger partial charge is 0.161 e. The van der Waals surface area contributed by atoms with Crippen LogP contribution in [0, 0.1) is 17.8 Å². The Hall–Kier alpha value is -0.590. The standard InChI is InChI=1S/C9H14O/c1-5-6(2)8(4)9(10)7(5)3/h5-6,8H,3H2,1-2,4H3. The number of ketones is 1. The van der Waals surface area contributed by atoms with Crippen molar-refractivity contribution in [1.29, 1.82) is 0 Å². The Balaban J connectivity index is 2.89. The van der Waals surface area contributed by atoms with E-state index < -0.39 is 0 Å². The number of carbonyl (C=O) groups is 1. The molecule has 0 heterocycles. The molecule has 1 nitrogen and oxygen atoms in total. The Morgan fingerprint density at radius 3 is 1.80 bits per heavy atom. The third-order valence-corrected chi connectivity index (χ3v) is 2.86. The van der Waals surface area contributed by atoms with Gasteiger partial charge in [0.15, 0.2) is 5.78 Å². The maximum Gasteiger partial charge on any atom is 0.161 e. The molecule has 0 aromatic carbocycles. The Morgan fingerprint density at radius 2 is 1.70 bits per heavy atom. The molecule has 3 unspecified atom stereocenters. The van der Waals surface area contributed by atoms with Crippen molar-refractivity contribution < 1.29 is 4.79 Å². The molecule has 0 aromatic rings. The first-order chi connectivity index (χ1) is 4.55. The third kappa shape index (κ3) is 0.808. The van der Waals surface area contributed by atoms with Crippen LogP contribution in [0.1, 0.15) is 20.8 Å². The van der Waals surface area contributed by atoms with E-state index in [1.165, 1.54) is 0 Å². The Bertz CT molecular complexity index is 161. The van der Waals surface area contributed by atoms with Gasteiger partial charge in [-0.25, -0.2) is 0 Å². The van der Waals surface area contributed by atoms with Gasteiger partial charge in [-0.2, -0.15) is 0 Å². The Labute approximate surface area is 62.1 Å². The largest absolute Gasteiger partial charge is 0.294 e. The van der Waals surface area contributed by atoms with Crippen LogP contribution in [0.3, 0.4) is 0 Å². The summed E-state index contributed by atoms with van der Waals surface area (Å²) in [6.45, 7) is 9.95. The van der Waals surface area contributed by atoms with Crippen LogP contribution in [0.2, 0.25) is 0 Å². The fourth-order valence-corrected chi connectivity index (χ4v) is 1.51. The second kappa shape index (κ2) is 2.22. The molecule has 0 N–H and O–H groups in total. The molecule has 56 valence electrons. The summed E-state index contributed by atoms with van der Waals surface area (Å²) in [5.74, 6) is 1.34. The van der Waals surface area contributed by atoms with Crippen molar-refractivity contribution in [2.75, 3.05) is 0 Å². The van der Waals surface area contributed by atoms with E-state index >= 15 is 0 Å². The molecule has 0 spiro atoms. The first kappa shape index (κ1) is 7.52. The highest BCUT2D eigenvalue weighted by molar-refractivity contribution is 5.99. The lowest BCUT2D eigenvalue weighted by Gasteiger charge is -2.10. The summed E-state index contributed by atoms with van der Waals surface area (Å²) in [6, 6.07) is 0. The van der Waals surface area contributed by atoms with Crippen LogP contribution in [-0.4, -0.2) is 5.78 Å². The van der Waals surface area contributed by atoms with Crippen molar-refractivity contribution in [3.05, 3.63) is 12.2 Å². The van der Waals surface area contributed by atoms with Crippen molar-refractivity contribution in [3.8, 4) is 0 Å². The number of Topliss-reactive ketones (excluding diaryl/α,β-unsaturated/α-hetero) is 1. The SMILES string of the molecule is C=C1C(=O)C(C)C(C)C1C. The quantitative estimate of drug-likeness (QED) is 0.468. The van der Waals surface area contributed by atoms with Crippen molar-refractivity contribution in [2.45, 2.75) is 20.8 Å². The van der Waals surface area contributed by atoms with E-state index in [2.05, 4.69) is 20.4 Å². The first-order valence-electron chi connectivity index (χ1n) is 3.78. The van der Waals surface area contributed by atoms with Gasteiger partial charge in [-0.15, -0.1) is 0 Å². The van der Waals surface area contributed by atoms with E-state index in [1.54, 1.807) is 0 Å². The Kier molecular flexibility index (Phi) is 1.67. The molecule has 0 saturated heterocycles. The van der Waals surface area contributed by atoms with Crippen molar-refractivity contribution in [3.63, 3.8) is 0 Å². The van der Waals surface area contributed by atoms with Gasteiger partial charge in [0.05, 0.1) is 0 Å². The molecule has 1 saturated carbocycles. The van der Waals surface area contributed by atoms with Gasteiger partial charge >= 0.3 is 0 Å². The molecule has 1 heteroatoms. The minimum atomic E-state index is 0.197. The predicted octanol–water partition coefficient (Wildman–Crippen LogP) is 2.03. The van der Waals surface area contributed by atoms with Crippen LogP contribution in [0.5, 0.6) is 0 Å². The van der Waals surface area contributed by atoms with Crippen molar-refractivity contribution >= 4 is 5.78 Å². The topological polar surface area (TPSA) is 17.1 Å². The molecule has 1 rings (SSSR count). The van der Waals surface area contributed by atoms with E-state index in [1.807, 2.05) is 6.92 Å². The highest BCUT2D eigenvalue weighted by Crippen LogP contribution is 2.36. The van der Waals surface area contributed by atoms with Gasteiger partial charge in [-0.1, -0.05) is 27.4 Å². The van der Waals surface area contributed by atoms with Crippen LogP contribution < -0.4 is 0 Å². The zero-order chi connectivity index (χ0) is 7.89. The van der Waals surface area contributed by atoms with Crippen LogP contribution in [0.15, 0.2) is 12.2 Å². The number of hydrogen-bond acceptors (Lipinski definition) is 1. The fraction of sp³-hybridized carbons (Fsp3) is 0.667. The first-order valence-corrected chi connectivity index (χ1v) is 3.78. The van der Waals surface area contributed by atoms with Crippen molar-refractivity contribution in [2.24, 2.45) is 17.8 Å². The van der Waals surface area contributed by atoms with Gasteiger partial charge < -0.3 is 0 Å². The monoisotopic (exact) mass is 138 g/mol. The molecule has 0 amide bonds. The number of allylic oxidation sites excluding steroid dienone is 1. The zero-order valence-electron chi connectivity index (χ0n) is 6.85. The molecular weight excluding hydrogens is 124 g/mol. The average molecular weight is 138 g/mol. The number of carbonyl (C=O) groups excluding carboxylic acids is 1. The van der Waals surface area contributed by atoms with Gasteiger partial charge in [0.25, 0.3) is 0 Å². The fourth-order valence-electron chi connectivity index (χ4n) is 1.51. The summed E-state index contributed by atoms with van der Waals surface area (Å²) in [7, 11) is 0. The summed E-state index contributed by atoms with van der Waals surface area (Å²) in [5.41, 5.74) is 0.819. The molecule has 3 atom stereocenters. The molecule has 10 heavy (non-hydrogen) atoms. The van der Waals surface area contributed by atoms with E-state index in [-0.39, 0.29) is 11.7 Å². The average Bonchev–Trinajstić information content (AvgIpc) is 2.07. The lowest BCUT2D eigenvalue weighted by atomic mass is 9.93. The van der Waals surface area contributed by atoms with Gasteiger partial charge in [-0.3, -0.25) is 4.79 Å². The van der Waals surface area contributed by atoms with Gasteiger partial charge in [-0.05, 0) is 17.4 Å². The van der Waals surface area contributed by atoms with Crippen LogP contribution >= 0.6 is 0 Å². The third-order valence-electron chi connectivity index (χ3n) is 2.86. The molecule has 0 radical (unpaired) electrons. The highest BCUT2D eigenvalue weighted by atomic mass is 16.1. The van der Waals surface area contributed by atoms with Gasteiger partial charge in [0, 0.05) is 5.92 Å². The van der Waals surface area contributed by atoms with Crippen LogP contribution in [0.25, 0.3) is 0 Å². The highest BCUT2D eigenvalue weighted by Gasteiger charge is 2.36. The minimum Gasteiger partial charge on any atom is -0.294 e. The van der Waals surface area contributed by atoms with E-state index in [0.717, 1.165) is 5.57 Å². The maximum atomic E-state index is 11.2. The van der Waals surface area contributed by atoms with E-state index in [4.69, 9.17) is 0 Å². The normalized spacial score (nSPS) is 40.9. The van der Waals surface area contributed by atoms with E-state index in [9.17, 15) is 4.79 Å². The molecule has 1 aliphatic carbocycles. The van der Waals surface area contributed by atoms with Gasteiger partial charge in [0.2, 0.25) is 0 Å². The van der Waals surface area contributed by atoms with Crippen LogP contribution in [0.4, 0.5) is 0 Å². The second-order valence-electron chi connectivity index (χ2n) is 3.33. The van der Waals surface area contributed by atoms with Crippen LogP contribution in [-0.2, 0) is 4.79 Å². The Morgan fingerprint density at radius 1 is 1.20 bits per heavy atom. The zero-order valence-corrected chi connectivity index (χ0v) is 6.85. The van der Waals surface area contributed by atoms with Crippen molar-refractivity contribution in [1.82, 2.24) is 0 Å². The summed E-state index contributed by atoms with van der Waals surface area (Å²) in [6.07, 6.45) is 0. The predicted molar refractivity (Wildman–Crippen MR) is 41.6 cm³/mol. The molecular formula is C9H14O. The minimum absolute atomic E-state index is 0.197. The maximum absolute atomic E-state index is 11.2. The van der Waals surface area contributed by atoms with E-state index in [0.29, 0.717) is 11.8 Å². The second-order valence-corrected chi connectivity index (χ2v) is 3.33. The number of hydrogen-bond donors (Lipinski definition) is 0. The summed E-state index contributed by atoms with van der Waals surface area (Å²) in [5, 5.41) is 0. The molecule has 1 aliphatic rings. The summed E-state index contributed by atoms with van der Waals surface area (Å²) < 4.78 is 0. The lowest BCUT2D eigenvalue weighted by Crippen LogP contribution is -2.08. The molecule has 1 fully saturated rings. The lowest BCUT2D eigenvalue weighted by molar-refractivity contribution is -0.117. The summed E-state index contributed by atoms with van der Waals surface area (Å²) in [4.78, 5) is 11.2. The molecule has 0 bridgehead atoms. The van der Waals surface area contributed by atoms with Gasteiger partial charge in [0.1, 0.15) is 0 Å². The molecule has 0 aromatic heterocycles.